The van der Waals surface area contributed by atoms with Gasteiger partial charge in [-0.05, 0) is 13.3 Å². The number of thioether (sulfide) groups is 1. The Kier molecular flexibility index (Phi) is 5.89. The lowest BCUT2D eigenvalue weighted by Crippen LogP contribution is -2.24. The number of nitrogens with zero attached hydrogens (tertiary/aromatic N) is 3. The van der Waals surface area contributed by atoms with Crippen LogP contribution in [0.2, 0.25) is 0 Å². The summed E-state index contributed by atoms with van der Waals surface area (Å²) in [6, 6.07) is 9.80. The summed E-state index contributed by atoms with van der Waals surface area (Å²) in [6.07, 6.45) is 0.814. The summed E-state index contributed by atoms with van der Waals surface area (Å²) in [5, 5.41) is 11.8. The number of carbonyl (C=O) groups excluding carboxylic acids is 1. The van der Waals surface area contributed by atoms with Crippen LogP contribution in [0.4, 0.5) is 5.13 Å². The van der Waals surface area contributed by atoms with E-state index in [-0.39, 0.29) is 11.6 Å². The number of hydrogen-bond donors (Lipinski definition) is 2. The van der Waals surface area contributed by atoms with Crippen molar-refractivity contribution in [3.05, 3.63) is 46.2 Å². The van der Waals surface area contributed by atoms with Gasteiger partial charge < -0.3 is 5.32 Å². The van der Waals surface area contributed by atoms with Gasteiger partial charge in [0.25, 0.3) is 0 Å². The molecule has 1 amide bonds. The van der Waals surface area contributed by atoms with Crippen LogP contribution in [0.3, 0.4) is 0 Å². The van der Waals surface area contributed by atoms with Crippen molar-refractivity contribution in [1.29, 1.82) is 0 Å². The second kappa shape index (κ2) is 8.33. The van der Waals surface area contributed by atoms with Gasteiger partial charge in [0.05, 0.1) is 10.9 Å². The SMILES string of the molecule is CCCn1c(S[C@@H](C)C(=O)Nc2nc(-c3ccccc3)cs2)n[nH]c1=O. The van der Waals surface area contributed by atoms with Gasteiger partial charge in [-0.15, -0.1) is 16.4 Å². The monoisotopic (exact) mass is 389 g/mol. The molecule has 7 nitrogen and oxygen atoms in total. The van der Waals surface area contributed by atoms with Crippen molar-refractivity contribution < 1.29 is 4.79 Å². The zero-order chi connectivity index (χ0) is 18.5. The van der Waals surface area contributed by atoms with E-state index < -0.39 is 5.25 Å². The summed E-state index contributed by atoms with van der Waals surface area (Å²) in [7, 11) is 0. The molecule has 3 rings (SSSR count). The zero-order valence-electron chi connectivity index (χ0n) is 14.4. The first-order valence-electron chi connectivity index (χ1n) is 8.22. The highest BCUT2D eigenvalue weighted by molar-refractivity contribution is 8.00. The maximum absolute atomic E-state index is 12.4. The van der Waals surface area contributed by atoms with Crippen LogP contribution in [0.5, 0.6) is 0 Å². The fourth-order valence-corrected chi connectivity index (χ4v) is 3.91. The Labute approximate surface area is 158 Å². The highest BCUT2D eigenvalue weighted by Gasteiger charge is 2.20. The molecular formula is C17H19N5O2S2. The second-order valence-electron chi connectivity index (χ2n) is 5.62. The summed E-state index contributed by atoms with van der Waals surface area (Å²) >= 11 is 2.63. The van der Waals surface area contributed by atoms with Crippen molar-refractivity contribution >= 4 is 34.1 Å². The van der Waals surface area contributed by atoms with Crippen LogP contribution in [0.1, 0.15) is 20.3 Å². The molecule has 0 aliphatic carbocycles. The molecule has 26 heavy (non-hydrogen) atoms. The lowest BCUT2D eigenvalue weighted by atomic mass is 10.2. The maximum atomic E-state index is 12.4. The van der Waals surface area contributed by atoms with E-state index in [0.717, 1.165) is 17.7 Å². The van der Waals surface area contributed by atoms with Gasteiger partial charge in [0.2, 0.25) is 5.91 Å². The van der Waals surface area contributed by atoms with E-state index in [1.54, 1.807) is 11.5 Å². The molecular weight excluding hydrogens is 370 g/mol. The lowest BCUT2D eigenvalue weighted by molar-refractivity contribution is -0.115. The Morgan fingerprint density at radius 1 is 1.38 bits per heavy atom. The number of rotatable bonds is 7. The molecule has 2 heterocycles. The van der Waals surface area contributed by atoms with Crippen LogP contribution >= 0.6 is 23.1 Å². The molecule has 0 fully saturated rings. The molecule has 0 unspecified atom stereocenters. The first-order chi connectivity index (χ1) is 12.6. The molecule has 2 aromatic heterocycles. The smallest absolute Gasteiger partial charge is 0.301 e. The van der Waals surface area contributed by atoms with Crippen LogP contribution in [-0.2, 0) is 11.3 Å². The van der Waals surface area contributed by atoms with Gasteiger partial charge in [0.15, 0.2) is 10.3 Å². The number of carbonyl (C=O) groups is 1. The Bertz CT molecular complexity index is 932. The van der Waals surface area contributed by atoms with Gasteiger partial charge in [-0.25, -0.2) is 14.9 Å². The lowest BCUT2D eigenvalue weighted by Gasteiger charge is -2.10. The molecule has 1 aromatic carbocycles. The highest BCUT2D eigenvalue weighted by atomic mass is 32.2. The minimum absolute atomic E-state index is 0.178. The standard InChI is InChI=1S/C17H19N5O2S2/c1-3-9-22-16(24)20-21-17(22)26-11(2)14(23)19-15-18-13(10-25-15)12-7-5-4-6-8-12/h4-8,10-11H,3,9H2,1-2H3,(H,20,24)(H,18,19,23)/t11-/m0/s1. The third kappa shape index (κ3) is 4.23. The molecule has 0 radical (unpaired) electrons. The normalized spacial score (nSPS) is 12.1. The molecule has 0 aliphatic heterocycles. The van der Waals surface area contributed by atoms with E-state index >= 15 is 0 Å². The highest BCUT2D eigenvalue weighted by Crippen LogP contribution is 2.26. The van der Waals surface area contributed by atoms with Crippen molar-refractivity contribution in [2.45, 2.75) is 37.2 Å². The molecule has 0 spiro atoms. The van der Waals surface area contributed by atoms with Gasteiger partial charge in [0.1, 0.15) is 0 Å². The molecule has 3 aromatic rings. The molecule has 9 heteroatoms. The van der Waals surface area contributed by atoms with E-state index in [1.165, 1.54) is 23.1 Å². The molecule has 0 saturated heterocycles. The van der Waals surface area contributed by atoms with Crippen LogP contribution < -0.4 is 11.0 Å². The first kappa shape index (κ1) is 18.4. The summed E-state index contributed by atoms with van der Waals surface area (Å²) < 4.78 is 1.55. The summed E-state index contributed by atoms with van der Waals surface area (Å²) in [5.41, 5.74) is 1.58. The molecule has 1 atom stereocenters. The summed E-state index contributed by atoms with van der Waals surface area (Å²) in [6.45, 7) is 4.33. The van der Waals surface area contributed by atoms with Crippen molar-refractivity contribution in [3.63, 3.8) is 0 Å². The number of aromatic nitrogens is 4. The number of amides is 1. The zero-order valence-corrected chi connectivity index (χ0v) is 16.1. The van der Waals surface area contributed by atoms with Crippen LogP contribution in [0.15, 0.2) is 45.7 Å². The van der Waals surface area contributed by atoms with Crippen LogP contribution in [0, 0.1) is 0 Å². The molecule has 0 bridgehead atoms. The molecule has 0 saturated carbocycles. The fraction of sp³-hybridized carbons (Fsp3) is 0.294. The number of nitrogens with one attached hydrogen (secondary N) is 2. The maximum Gasteiger partial charge on any atom is 0.343 e. The van der Waals surface area contributed by atoms with Crippen LogP contribution in [-0.4, -0.2) is 30.9 Å². The minimum atomic E-state index is -0.412. The number of aromatic amines is 1. The third-order valence-electron chi connectivity index (χ3n) is 3.63. The molecule has 2 N–H and O–H groups in total. The summed E-state index contributed by atoms with van der Waals surface area (Å²) in [5.74, 6) is -0.178. The largest absolute Gasteiger partial charge is 0.343 e. The van der Waals surface area contributed by atoms with Gasteiger partial charge in [-0.3, -0.25) is 9.36 Å². The number of benzene rings is 1. The molecule has 136 valence electrons. The summed E-state index contributed by atoms with van der Waals surface area (Å²) in [4.78, 5) is 28.6. The van der Waals surface area contributed by atoms with Crippen molar-refractivity contribution in [3.8, 4) is 11.3 Å². The number of anilines is 1. The average molecular weight is 390 g/mol. The predicted octanol–water partition coefficient (Wildman–Crippen LogP) is 3.22. The van der Waals surface area contributed by atoms with E-state index in [2.05, 4.69) is 20.5 Å². The topological polar surface area (TPSA) is 92.7 Å². The quantitative estimate of drug-likeness (QED) is 0.605. The Morgan fingerprint density at radius 2 is 2.15 bits per heavy atom. The Hall–Kier alpha value is -2.39. The number of H-pyrrole nitrogens is 1. The van der Waals surface area contributed by atoms with E-state index in [4.69, 9.17) is 0 Å². The first-order valence-corrected chi connectivity index (χ1v) is 9.98. The second-order valence-corrected chi connectivity index (χ2v) is 7.78. The van der Waals surface area contributed by atoms with Crippen molar-refractivity contribution in [1.82, 2.24) is 19.7 Å². The molecule has 0 aliphatic rings. The Morgan fingerprint density at radius 3 is 2.88 bits per heavy atom. The third-order valence-corrected chi connectivity index (χ3v) is 5.47. The Balaban J connectivity index is 1.65. The van der Waals surface area contributed by atoms with Gasteiger partial charge >= 0.3 is 5.69 Å². The van der Waals surface area contributed by atoms with E-state index in [0.29, 0.717) is 16.8 Å². The van der Waals surface area contributed by atoms with Gasteiger partial charge in [-0.2, -0.15) is 0 Å². The van der Waals surface area contributed by atoms with Crippen molar-refractivity contribution in [2.75, 3.05) is 5.32 Å². The number of thiazole rings is 1. The van der Waals surface area contributed by atoms with Gasteiger partial charge in [0, 0.05) is 17.5 Å². The number of hydrogen-bond acceptors (Lipinski definition) is 6. The predicted molar refractivity (Wildman–Crippen MR) is 105 cm³/mol. The fourth-order valence-electron chi connectivity index (χ4n) is 2.31. The van der Waals surface area contributed by atoms with Gasteiger partial charge in [-0.1, -0.05) is 49.0 Å². The van der Waals surface area contributed by atoms with Crippen molar-refractivity contribution in [2.24, 2.45) is 0 Å². The van der Waals surface area contributed by atoms with Crippen LogP contribution in [0.25, 0.3) is 11.3 Å². The van der Waals surface area contributed by atoms with E-state index in [9.17, 15) is 9.59 Å². The minimum Gasteiger partial charge on any atom is -0.301 e. The average Bonchev–Trinajstić information content (AvgIpc) is 3.24. The van der Waals surface area contributed by atoms with E-state index in [1.807, 2.05) is 42.6 Å².